The van der Waals surface area contributed by atoms with Crippen molar-refractivity contribution in [1.29, 1.82) is 0 Å². The Kier molecular flexibility index (Phi) is 12.0. The number of unbranched alkanes of at least 4 members (excludes halogenated alkanes) is 6. The van der Waals surface area contributed by atoms with Crippen molar-refractivity contribution < 1.29 is 22.2 Å². The van der Waals surface area contributed by atoms with Crippen molar-refractivity contribution in [2.45, 2.75) is 51.4 Å². The molecule has 142 valence electrons. The van der Waals surface area contributed by atoms with Crippen LogP contribution in [0.15, 0.2) is 12.7 Å². The molecule has 0 aliphatic rings. The van der Waals surface area contributed by atoms with Gasteiger partial charge in [-0.05, 0) is 25.3 Å². The van der Waals surface area contributed by atoms with Gasteiger partial charge in [-0.1, -0.05) is 32.3 Å². The minimum absolute atomic E-state index is 0.104. The van der Waals surface area contributed by atoms with E-state index in [2.05, 4.69) is 26.0 Å². The normalized spacial score (nSPS) is 12.1. The van der Waals surface area contributed by atoms with Crippen molar-refractivity contribution in [2.75, 3.05) is 39.5 Å². The number of hydrogen-bond donors (Lipinski definition) is 2. The molecular weight excluding hydrogens is 328 g/mol. The highest BCUT2D eigenvalue weighted by Gasteiger charge is 2.16. The van der Waals surface area contributed by atoms with Crippen LogP contribution in [0.5, 0.6) is 0 Å². The van der Waals surface area contributed by atoms with E-state index in [1.807, 2.05) is 0 Å². The van der Waals surface area contributed by atoms with Crippen molar-refractivity contribution in [2.24, 2.45) is 0 Å². The van der Waals surface area contributed by atoms with Crippen LogP contribution in [0.3, 0.4) is 0 Å². The fourth-order valence-corrected chi connectivity index (χ4v) is 3.11. The fraction of sp³-hybridized carbons (Fsp3) is 0.824. The number of hydrogen-bond acceptors (Lipinski definition) is 3. The molecule has 0 heterocycles. The first-order chi connectivity index (χ1) is 11.2. The maximum atomic E-state index is 10.9. The SMILES string of the molecule is C=CC(=O)NCCCCCCCCC[N+](C)(C)CCCS(=O)(=O)O. The van der Waals surface area contributed by atoms with Gasteiger partial charge in [0.2, 0.25) is 5.91 Å². The first-order valence-electron chi connectivity index (χ1n) is 8.84. The summed E-state index contributed by atoms with van der Waals surface area (Å²) in [5, 5.41) is 2.77. The highest BCUT2D eigenvalue weighted by Crippen LogP contribution is 2.10. The van der Waals surface area contributed by atoms with Gasteiger partial charge < -0.3 is 9.80 Å². The molecule has 0 spiro atoms. The van der Waals surface area contributed by atoms with Gasteiger partial charge >= 0.3 is 0 Å². The Balaban J connectivity index is 3.48. The van der Waals surface area contributed by atoms with Crippen LogP contribution in [0.2, 0.25) is 0 Å². The van der Waals surface area contributed by atoms with Gasteiger partial charge in [-0.3, -0.25) is 9.35 Å². The topological polar surface area (TPSA) is 83.5 Å². The van der Waals surface area contributed by atoms with Crippen LogP contribution in [0.4, 0.5) is 0 Å². The quantitative estimate of drug-likeness (QED) is 0.202. The third kappa shape index (κ3) is 16.0. The predicted octanol–water partition coefficient (Wildman–Crippen LogP) is 2.37. The molecule has 0 fully saturated rings. The zero-order valence-corrected chi connectivity index (χ0v) is 16.1. The first kappa shape index (κ1) is 23.1. The summed E-state index contributed by atoms with van der Waals surface area (Å²) >= 11 is 0. The van der Waals surface area contributed by atoms with E-state index in [0.717, 1.165) is 43.4 Å². The number of quaternary nitrogens is 1. The second-order valence-corrected chi connectivity index (χ2v) is 8.56. The molecule has 24 heavy (non-hydrogen) atoms. The summed E-state index contributed by atoms with van der Waals surface area (Å²) in [6, 6.07) is 0. The number of carbonyl (C=O) groups is 1. The molecule has 0 unspecified atom stereocenters. The molecule has 0 saturated heterocycles. The average Bonchev–Trinajstić information content (AvgIpc) is 2.47. The fourth-order valence-electron chi connectivity index (χ4n) is 2.62. The monoisotopic (exact) mass is 363 g/mol. The zero-order valence-electron chi connectivity index (χ0n) is 15.3. The number of rotatable bonds is 15. The minimum Gasteiger partial charge on any atom is -0.353 e. The highest BCUT2D eigenvalue weighted by atomic mass is 32.2. The second kappa shape index (κ2) is 12.4. The number of amides is 1. The molecule has 1 amide bonds. The maximum absolute atomic E-state index is 10.9. The smallest absolute Gasteiger partial charge is 0.265 e. The van der Waals surface area contributed by atoms with E-state index in [0.29, 0.717) is 6.42 Å². The first-order valence-corrected chi connectivity index (χ1v) is 10.4. The average molecular weight is 364 g/mol. The summed E-state index contributed by atoms with van der Waals surface area (Å²) in [6.07, 6.45) is 9.87. The minimum atomic E-state index is -3.83. The summed E-state index contributed by atoms with van der Waals surface area (Å²) in [7, 11) is 0.364. The van der Waals surface area contributed by atoms with E-state index in [-0.39, 0.29) is 11.7 Å². The Morgan fingerprint density at radius 1 is 1.00 bits per heavy atom. The van der Waals surface area contributed by atoms with Crippen molar-refractivity contribution >= 4 is 16.0 Å². The van der Waals surface area contributed by atoms with E-state index in [1.165, 1.54) is 31.8 Å². The third-order valence-corrected chi connectivity index (χ3v) is 4.90. The summed E-state index contributed by atoms with van der Waals surface area (Å²) in [5.41, 5.74) is 0. The van der Waals surface area contributed by atoms with Gasteiger partial charge in [-0.25, -0.2) is 0 Å². The van der Waals surface area contributed by atoms with Gasteiger partial charge in [0.05, 0.1) is 32.9 Å². The van der Waals surface area contributed by atoms with E-state index in [1.54, 1.807) is 0 Å². The Morgan fingerprint density at radius 3 is 2.04 bits per heavy atom. The zero-order chi connectivity index (χ0) is 18.5. The molecule has 6 nitrogen and oxygen atoms in total. The van der Waals surface area contributed by atoms with Crippen LogP contribution in [-0.2, 0) is 14.9 Å². The Bertz CT molecular complexity index is 461. The van der Waals surface area contributed by atoms with Crippen LogP contribution in [-0.4, -0.2) is 62.8 Å². The lowest BCUT2D eigenvalue weighted by molar-refractivity contribution is -0.890. The Hall–Kier alpha value is -0.920. The number of carbonyl (C=O) groups excluding carboxylic acids is 1. The van der Waals surface area contributed by atoms with Gasteiger partial charge in [0.1, 0.15) is 0 Å². The lowest BCUT2D eigenvalue weighted by atomic mass is 10.1. The van der Waals surface area contributed by atoms with Gasteiger partial charge in [-0.15, -0.1) is 0 Å². The highest BCUT2D eigenvalue weighted by molar-refractivity contribution is 7.85. The summed E-state index contributed by atoms with van der Waals surface area (Å²) < 4.78 is 31.0. The van der Waals surface area contributed by atoms with Crippen LogP contribution >= 0.6 is 0 Å². The van der Waals surface area contributed by atoms with Crippen LogP contribution < -0.4 is 5.32 Å². The van der Waals surface area contributed by atoms with Crippen molar-refractivity contribution in [3.8, 4) is 0 Å². The Labute approximate surface area is 147 Å². The molecule has 0 aromatic heterocycles. The van der Waals surface area contributed by atoms with Crippen molar-refractivity contribution in [1.82, 2.24) is 5.32 Å². The molecule has 0 rings (SSSR count). The van der Waals surface area contributed by atoms with E-state index < -0.39 is 10.1 Å². The molecule has 0 aliphatic heterocycles. The lowest BCUT2D eigenvalue weighted by Gasteiger charge is -2.29. The van der Waals surface area contributed by atoms with Crippen molar-refractivity contribution in [3.05, 3.63) is 12.7 Å². The van der Waals surface area contributed by atoms with Crippen LogP contribution in [0.1, 0.15) is 51.4 Å². The molecule has 0 radical (unpaired) electrons. The van der Waals surface area contributed by atoms with E-state index in [4.69, 9.17) is 4.55 Å². The molecule has 0 saturated carbocycles. The maximum Gasteiger partial charge on any atom is 0.265 e. The lowest BCUT2D eigenvalue weighted by Crippen LogP contribution is -2.41. The van der Waals surface area contributed by atoms with E-state index in [9.17, 15) is 13.2 Å². The molecule has 0 bridgehead atoms. The van der Waals surface area contributed by atoms with Crippen molar-refractivity contribution in [3.63, 3.8) is 0 Å². The van der Waals surface area contributed by atoms with E-state index >= 15 is 0 Å². The van der Waals surface area contributed by atoms with Crippen LogP contribution in [0, 0.1) is 0 Å². The summed E-state index contributed by atoms with van der Waals surface area (Å²) in [5.74, 6) is -0.255. The van der Waals surface area contributed by atoms with Gasteiger partial charge in [-0.2, -0.15) is 8.42 Å². The second-order valence-electron chi connectivity index (χ2n) is 6.99. The molecule has 7 heteroatoms. The summed E-state index contributed by atoms with van der Waals surface area (Å²) in [6.45, 7) is 5.92. The van der Waals surface area contributed by atoms with Gasteiger partial charge in [0.25, 0.3) is 10.1 Å². The van der Waals surface area contributed by atoms with Gasteiger partial charge in [0, 0.05) is 13.0 Å². The molecule has 0 aromatic rings. The third-order valence-electron chi connectivity index (χ3n) is 4.09. The molecular formula is C17H35N2O4S+. The predicted molar refractivity (Wildman–Crippen MR) is 98.4 cm³/mol. The standard InChI is InChI=1S/C17H34N2O4S/c1-4-17(20)18-13-10-8-6-5-7-9-11-14-19(2,3)15-12-16-24(21,22)23/h4H,1,5-16H2,2-3H3,(H-,18,20,21,22,23)/p+1. The molecule has 0 aliphatic carbocycles. The van der Waals surface area contributed by atoms with Gasteiger partial charge in [0.15, 0.2) is 0 Å². The largest absolute Gasteiger partial charge is 0.353 e. The molecule has 2 N–H and O–H groups in total. The summed E-state index contributed by atoms with van der Waals surface area (Å²) in [4.78, 5) is 10.9. The number of nitrogens with zero attached hydrogens (tertiary/aromatic N) is 1. The Morgan fingerprint density at radius 2 is 1.50 bits per heavy atom. The van der Waals surface area contributed by atoms with Crippen LogP contribution in [0.25, 0.3) is 0 Å². The number of nitrogens with one attached hydrogen (secondary N) is 1. The molecule has 0 atom stereocenters. The molecule has 0 aromatic carbocycles.